The van der Waals surface area contributed by atoms with Crippen molar-refractivity contribution in [1.29, 1.82) is 0 Å². The first-order valence-electron chi connectivity index (χ1n) is 6.76. The first-order valence-corrected chi connectivity index (χ1v) is 9.00. The van der Waals surface area contributed by atoms with E-state index in [9.17, 15) is 13.2 Å². The van der Waals surface area contributed by atoms with Crippen molar-refractivity contribution in [2.75, 3.05) is 19.1 Å². The molecule has 0 amide bonds. The first kappa shape index (κ1) is 15.7. The highest BCUT2D eigenvalue weighted by Gasteiger charge is 2.36. The van der Waals surface area contributed by atoms with E-state index in [0.29, 0.717) is 10.9 Å². The molecule has 0 atom stereocenters. The summed E-state index contributed by atoms with van der Waals surface area (Å²) in [5.41, 5.74) is 5.62. The van der Waals surface area contributed by atoms with Gasteiger partial charge in [-0.05, 0) is 18.6 Å². The summed E-state index contributed by atoms with van der Waals surface area (Å²) < 4.78 is 39.8. The van der Waals surface area contributed by atoms with Gasteiger partial charge in [0, 0.05) is 23.3 Å². The smallest absolute Gasteiger partial charge is 0.368 e. The molecule has 0 fully saturated rings. The average Bonchev–Trinajstić information content (AvgIpc) is 2.89. The van der Waals surface area contributed by atoms with Crippen LogP contribution in [0.5, 0.6) is 0 Å². The number of benzene rings is 1. The highest BCUT2D eigenvalue weighted by atomic mass is 31.1. The molecule has 4 nitrogen and oxygen atoms in total. The number of anilines is 1. The Labute approximate surface area is 131 Å². The summed E-state index contributed by atoms with van der Waals surface area (Å²) in [5.74, 6) is -0.188. The Morgan fingerprint density at radius 1 is 1.22 bits per heavy atom. The third kappa shape index (κ3) is 2.77. The van der Waals surface area contributed by atoms with Crippen LogP contribution >= 0.6 is 7.92 Å². The Morgan fingerprint density at radius 3 is 2.61 bits per heavy atom. The zero-order valence-electron chi connectivity index (χ0n) is 12.4. The van der Waals surface area contributed by atoms with Crippen LogP contribution in [0.2, 0.25) is 0 Å². The van der Waals surface area contributed by atoms with Crippen molar-refractivity contribution in [3.63, 3.8) is 0 Å². The van der Waals surface area contributed by atoms with Gasteiger partial charge < -0.3 is 10.7 Å². The van der Waals surface area contributed by atoms with Gasteiger partial charge in [-0.2, -0.15) is 13.2 Å². The highest BCUT2D eigenvalue weighted by molar-refractivity contribution is 7.64. The van der Waals surface area contributed by atoms with Crippen LogP contribution in [0.4, 0.5) is 19.1 Å². The Hall–Kier alpha value is -2.14. The minimum absolute atomic E-state index is 0.188. The molecule has 0 bridgehead atoms. The van der Waals surface area contributed by atoms with Gasteiger partial charge in [0.1, 0.15) is 5.56 Å². The number of H-pyrrole nitrogens is 1. The molecule has 0 saturated heterocycles. The number of aromatic nitrogens is 3. The van der Waals surface area contributed by atoms with Crippen LogP contribution in [0.1, 0.15) is 5.56 Å². The molecule has 3 aromatic rings. The molecule has 2 aromatic heterocycles. The minimum atomic E-state index is -4.55. The number of fused-ring (bicyclic) bond motifs is 1. The predicted molar refractivity (Wildman–Crippen MR) is 87.1 cm³/mol. The van der Waals surface area contributed by atoms with Crippen molar-refractivity contribution in [2.45, 2.75) is 6.18 Å². The molecule has 0 radical (unpaired) electrons. The largest absolute Gasteiger partial charge is 0.419 e. The molecule has 0 unspecified atom stereocenters. The number of halogens is 3. The molecule has 3 rings (SSSR count). The minimum Gasteiger partial charge on any atom is -0.368 e. The second-order valence-electron chi connectivity index (χ2n) is 5.28. The number of rotatable bonds is 2. The van der Waals surface area contributed by atoms with Crippen molar-refractivity contribution >= 4 is 30.1 Å². The lowest BCUT2D eigenvalue weighted by atomic mass is 10.1. The molecule has 0 spiro atoms. The van der Waals surface area contributed by atoms with Gasteiger partial charge in [-0.15, -0.1) is 0 Å². The third-order valence-corrected chi connectivity index (χ3v) is 4.88. The number of hydrogen-bond acceptors (Lipinski definition) is 3. The van der Waals surface area contributed by atoms with E-state index < -0.39 is 19.7 Å². The van der Waals surface area contributed by atoms with Gasteiger partial charge in [-0.3, -0.25) is 0 Å². The van der Waals surface area contributed by atoms with Gasteiger partial charge in [0.2, 0.25) is 5.95 Å². The molecular formula is C15H14F3N4P. The van der Waals surface area contributed by atoms with E-state index >= 15 is 0 Å². The molecule has 2 heterocycles. The molecule has 120 valence electrons. The number of aromatic amines is 1. The number of nitrogens with zero attached hydrogens (tertiary/aromatic N) is 2. The third-order valence-electron chi connectivity index (χ3n) is 3.54. The maximum atomic E-state index is 13.3. The zero-order valence-corrected chi connectivity index (χ0v) is 13.3. The van der Waals surface area contributed by atoms with Gasteiger partial charge >= 0.3 is 6.18 Å². The summed E-state index contributed by atoms with van der Waals surface area (Å²) in [5, 5.41) is 1.79. The Balaban J connectivity index is 2.30. The second kappa shape index (κ2) is 5.49. The first-order chi connectivity index (χ1) is 10.8. The maximum Gasteiger partial charge on any atom is 0.419 e. The molecule has 1 aromatic carbocycles. The normalized spacial score (nSPS) is 12.3. The summed E-state index contributed by atoms with van der Waals surface area (Å²) in [4.78, 5) is 10.4. The molecule has 3 N–H and O–H groups in total. The molecule has 0 aliphatic rings. The number of nitrogen functional groups attached to an aromatic ring is 1. The van der Waals surface area contributed by atoms with Gasteiger partial charge in [0.05, 0.1) is 11.2 Å². The van der Waals surface area contributed by atoms with Crippen LogP contribution in [-0.2, 0) is 6.18 Å². The van der Waals surface area contributed by atoms with E-state index in [2.05, 4.69) is 28.3 Å². The van der Waals surface area contributed by atoms with Crippen molar-refractivity contribution in [3.8, 4) is 11.3 Å². The van der Waals surface area contributed by atoms with E-state index in [1.165, 1.54) is 0 Å². The molecule has 23 heavy (non-hydrogen) atoms. The summed E-state index contributed by atoms with van der Waals surface area (Å²) >= 11 is 0. The van der Waals surface area contributed by atoms with E-state index in [0.717, 1.165) is 17.0 Å². The summed E-state index contributed by atoms with van der Waals surface area (Å²) in [6.07, 6.45) is -2.27. The summed E-state index contributed by atoms with van der Waals surface area (Å²) in [7, 11) is -0.398. The Bertz CT molecular complexity index is 871. The fraction of sp³-hybridized carbons (Fsp3) is 0.200. The lowest BCUT2D eigenvalue weighted by Gasteiger charge is -2.12. The Kier molecular flexibility index (Phi) is 3.76. The molecule has 0 aliphatic heterocycles. The predicted octanol–water partition coefficient (Wildman–Crippen LogP) is 3.59. The van der Waals surface area contributed by atoms with Crippen molar-refractivity contribution in [1.82, 2.24) is 15.0 Å². The maximum absolute atomic E-state index is 13.3. The summed E-state index contributed by atoms with van der Waals surface area (Å²) in [6, 6.07) is 5.60. The topological polar surface area (TPSA) is 67.6 Å². The average molecular weight is 338 g/mol. The highest BCUT2D eigenvalue weighted by Crippen LogP contribution is 2.39. The fourth-order valence-corrected chi connectivity index (χ4v) is 3.53. The van der Waals surface area contributed by atoms with Crippen LogP contribution in [0.25, 0.3) is 22.2 Å². The van der Waals surface area contributed by atoms with E-state index in [1.807, 2.05) is 12.1 Å². The van der Waals surface area contributed by atoms with Gasteiger partial charge in [-0.1, -0.05) is 26.1 Å². The second-order valence-corrected chi connectivity index (χ2v) is 7.56. The molecule has 0 aliphatic carbocycles. The number of para-hydroxylation sites is 1. The van der Waals surface area contributed by atoms with Gasteiger partial charge in [0.15, 0.2) is 0 Å². The van der Waals surface area contributed by atoms with E-state index in [-0.39, 0.29) is 11.6 Å². The van der Waals surface area contributed by atoms with Crippen molar-refractivity contribution < 1.29 is 13.2 Å². The number of nitrogens with one attached hydrogen (secondary N) is 1. The van der Waals surface area contributed by atoms with Crippen molar-refractivity contribution in [2.24, 2.45) is 0 Å². The Morgan fingerprint density at radius 2 is 1.96 bits per heavy atom. The lowest BCUT2D eigenvalue weighted by Crippen LogP contribution is -2.11. The SMILES string of the molecule is CP(C)c1cccc2c(-c3nc(N)ncc3C(F)(F)F)c[nH]c12. The van der Waals surface area contributed by atoms with E-state index in [1.54, 1.807) is 12.3 Å². The van der Waals surface area contributed by atoms with Crippen LogP contribution in [-0.4, -0.2) is 28.3 Å². The quantitative estimate of drug-likeness (QED) is 0.702. The lowest BCUT2D eigenvalue weighted by molar-refractivity contribution is -0.137. The summed E-state index contributed by atoms with van der Waals surface area (Å²) in [6.45, 7) is 4.18. The molecule has 8 heteroatoms. The van der Waals surface area contributed by atoms with Crippen LogP contribution in [0.15, 0.2) is 30.6 Å². The number of hydrogen-bond donors (Lipinski definition) is 2. The van der Waals surface area contributed by atoms with Crippen molar-refractivity contribution in [3.05, 3.63) is 36.2 Å². The van der Waals surface area contributed by atoms with Gasteiger partial charge in [0.25, 0.3) is 0 Å². The zero-order chi connectivity index (χ0) is 16.8. The molecule has 0 saturated carbocycles. The van der Waals surface area contributed by atoms with Crippen LogP contribution in [0, 0.1) is 0 Å². The monoisotopic (exact) mass is 338 g/mol. The van der Waals surface area contributed by atoms with Crippen LogP contribution < -0.4 is 11.0 Å². The number of alkyl halides is 3. The van der Waals surface area contributed by atoms with Crippen LogP contribution in [0.3, 0.4) is 0 Å². The fourth-order valence-electron chi connectivity index (χ4n) is 2.52. The number of nitrogens with two attached hydrogens (primary N) is 1. The standard InChI is InChI=1S/C15H14F3N4P/c1-23(2)11-5-3-4-8-9(6-20-13(8)11)12-10(15(16,17)18)7-21-14(19)22-12/h3-7,20H,1-2H3,(H2,19,21,22). The van der Waals surface area contributed by atoms with Gasteiger partial charge in [-0.25, -0.2) is 9.97 Å². The molecular weight excluding hydrogens is 324 g/mol. The van der Waals surface area contributed by atoms with E-state index in [4.69, 9.17) is 5.73 Å².